The number of halogens is 1. The maximum absolute atomic E-state index is 12.4. The first kappa shape index (κ1) is 14.7. The topological polar surface area (TPSA) is 79.6 Å². The summed E-state index contributed by atoms with van der Waals surface area (Å²) < 4.78 is 5.99. The lowest BCUT2D eigenvalue weighted by Gasteiger charge is -2.25. The molecule has 0 atom stereocenters. The van der Waals surface area contributed by atoms with Gasteiger partial charge in [-0.1, -0.05) is 0 Å². The standard InChI is InChI=1S/C14H9BrN2O4S/c15-8-4-10(22-7-8)5-11-12(18)16-14(20)17(13(11)19)6-9-2-1-3-21-9/h1-5,7H,6H2,(H,16,18,20)/b11-5+. The Morgan fingerprint density at radius 2 is 2.18 bits per heavy atom. The fourth-order valence-electron chi connectivity index (χ4n) is 1.94. The van der Waals surface area contributed by atoms with Crippen LogP contribution in [0.2, 0.25) is 0 Å². The highest BCUT2D eigenvalue weighted by molar-refractivity contribution is 9.10. The van der Waals surface area contributed by atoms with Gasteiger partial charge in [0, 0.05) is 14.7 Å². The predicted octanol–water partition coefficient (Wildman–Crippen LogP) is 2.77. The fourth-order valence-corrected chi connectivity index (χ4v) is 3.32. The summed E-state index contributed by atoms with van der Waals surface area (Å²) in [4.78, 5) is 37.8. The van der Waals surface area contributed by atoms with Crippen LogP contribution < -0.4 is 5.32 Å². The molecule has 22 heavy (non-hydrogen) atoms. The molecule has 1 fully saturated rings. The summed E-state index contributed by atoms with van der Waals surface area (Å²) in [7, 11) is 0. The van der Waals surface area contributed by atoms with Crippen LogP contribution in [0.15, 0.2) is 44.3 Å². The molecule has 4 amide bonds. The highest BCUT2D eigenvalue weighted by Crippen LogP contribution is 2.24. The maximum atomic E-state index is 12.4. The van der Waals surface area contributed by atoms with E-state index in [0.717, 1.165) is 14.2 Å². The first-order chi connectivity index (χ1) is 10.5. The van der Waals surface area contributed by atoms with Crippen molar-refractivity contribution in [2.75, 3.05) is 0 Å². The number of amides is 4. The summed E-state index contributed by atoms with van der Waals surface area (Å²) in [6, 6.07) is 4.34. The van der Waals surface area contributed by atoms with Gasteiger partial charge in [-0.2, -0.15) is 0 Å². The molecule has 2 aromatic rings. The van der Waals surface area contributed by atoms with Gasteiger partial charge in [0.1, 0.15) is 11.3 Å². The number of hydrogen-bond donors (Lipinski definition) is 1. The van der Waals surface area contributed by atoms with E-state index >= 15 is 0 Å². The van der Waals surface area contributed by atoms with E-state index in [4.69, 9.17) is 4.42 Å². The normalized spacial score (nSPS) is 17.2. The van der Waals surface area contributed by atoms with Crippen LogP contribution in [0.5, 0.6) is 0 Å². The smallest absolute Gasteiger partial charge is 0.331 e. The van der Waals surface area contributed by atoms with E-state index in [0.29, 0.717) is 5.76 Å². The Bertz CT molecular complexity index is 779. The van der Waals surface area contributed by atoms with Gasteiger partial charge in [0.25, 0.3) is 11.8 Å². The molecule has 0 radical (unpaired) electrons. The molecule has 0 aliphatic carbocycles. The average molecular weight is 381 g/mol. The molecule has 1 aliphatic rings. The number of furan rings is 1. The van der Waals surface area contributed by atoms with Crippen molar-refractivity contribution < 1.29 is 18.8 Å². The number of barbiturate groups is 1. The third-order valence-electron chi connectivity index (χ3n) is 2.95. The fraction of sp³-hybridized carbons (Fsp3) is 0.0714. The summed E-state index contributed by atoms with van der Waals surface area (Å²) in [5, 5.41) is 4.00. The highest BCUT2D eigenvalue weighted by atomic mass is 79.9. The average Bonchev–Trinajstić information content (AvgIpc) is 3.11. The molecule has 3 rings (SSSR count). The van der Waals surface area contributed by atoms with Crippen LogP contribution >= 0.6 is 27.3 Å². The number of hydrogen-bond acceptors (Lipinski definition) is 5. The van der Waals surface area contributed by atoms with Crippen LogP contribution in [-0.2, 0) is 16.1 Å². The number of rotatable bonds is 3. The van der Waals surface area contributed by atoms with Crippen molar-refractivity contribution in [2.45, 2.75) is 6.54 Å². The number of nitrogens with zero attached hydrogens (tertiary/aromatic N) is 1. The zero-order chi connectivity index (χ0) is 15.7. The van der Waals surface area contributed by atoms with E-state index in [9.17, 15) is 14.4 Å². The monoisotopic (exact) mass is 380 g/mol. The third kappa shape index (κ3) is 2.88. The van der Waals surface area contributed by atoms with Gasteiger partial charge in [0.2, 0.25) is 0 Å². The van der Waals surface area contributed by atoms with E-state index in [-0.39, 0.29) is 12.1 Å². The summed E-state index contributed by atoms with van der Waals surface area (Å²) in [6.45, 7) is -0.0313. The summed E-state index contributed by atoms with van der Waals surface area (Å²) in [5.74, 6) is -0.888. The van der Waals surface area contributed by atoms with Crippen molar-refractivity contribution in [1.29, 1.82) is 0 Å². The Balaban J connectivity index is 1.90. The molecule has 0 spiro atoms. The molecule has 112 valence electrons. The van der Waals surface area contributed by atoms with E-state index in [1.165, 1.54) is 23.7 Å². The zero-order valence-corrected chi connectivity index (χ0v) is 13.4. The second kappa shape index (κ2) is 5.90. The Morgan fingerprint density at radius 1 is 1.36 bits per heavy atom. The van der Waals surface area contributed by atoms with Gasteiger partial charge < -0.3 is 4.42 Å². The van der Waals surface area contributed by atoms with Crippen molar-refractivity contribution >= 4 is 51.2 Å². The number of carbonyl (C=O) groups is 3. The van der Waals surface area contributed by atoms with Crippen LogP contribution in [0.3, 0.4) is 0 Å². The Morgan fingerprint density at radius 3 is 2.82 bits per heavy atom. The maximum Gasteiger partial charge on any atom is 0.331 e. The molecule has 6 nitrogen and oxygen atoms in total. The summed E-state index contributed by atoms with van der Waals surface area (Å²) in [5.41, 5.74) is -0.0829. The van der Waals surface area contributed by atoms with Crippen LogP contribution in [0, 0.1) is 0 Å². The van der Waals surface area contributed by atoms with Crippen LogP contribution in [0.25, 0.3) is 6.08 Å². The summed E-state index contributed by atoms with van der Waals surface area (Å²) in [6.07, 6.45) is 2.92. The zero-order valence-electron chi connectivity index (χ0n) is 11.0. The van der Waals surface area contributed by atoms with E-state index < -0.39 is 17.8 Å². The van der Waals surface area contributed by atoms with Gasteiger partial charge in [0.15, 0.2) is 0 Å². The van der Waals surface area contributed by atoms with Gasteiger partial charge in [-0.15, -0.1) is 11.3 Å². The van der Waals surface area contributed by atoms with Gasteiger partial charge in [-0.3, -0.25) is 19.8 Å². The van der Waals surface area contributed by atoms with Gasteiger partial charge in [-0.25, -0.2) is 4.79 Å². The van der Waals surface area contributed by atoms with E-state index in [2.05, 4.69) is 21.2 Å². The van der Waals surface area contributed by atoms with E-state index in [1.807, 2.05) is 5.38 Å². The molecule has 1 aliphatic heterocycles. The number of imide groups is 2. The predicted molar refractivity (Wildman–Crippen MR) is 82.8 cm³/mol. The van der Waals surface area contributed by atoms with Crippen LogP contribution in [0.4, 0.5) is 4.79 Å². The van der Waals surface area contributed by atoms with Crippen molar-refractivity contribution in [2.24, 2.45) is 0 Å². The molecule has 0 bridgehead atoms. The quantitative estimate of drug-likeness (QED) is 0.655. The minimum Gasteiger partial charge on any atom is -0.467 e. The van der Waals surface area contributed by atoms with Crippen molar-refractivity contribution in [3.05, 3.63) is 50.5 Å². The second-order valence-corrected chi connectivity index (χ2v) is 6.31. The van der Waals surface area contributed by atoms with E-state index in [1.54, 1.807) is 18.2 Å². The molecular formula is C14H9BrN2O4S. The Kier molecular flexibility index (Phi) is 3.95. The molecule has 1 N–H and O–H groups in total. The van der Waals surface area contributed by atoms with Crippen molar-refractivity contribution in [1.82, 2.24) is 10.2 Å². The van der Waals surface area contributed by atoms with Crippen LogP contribution in [0.1, 0.15) is 10.6 Å². The lowest BCUT2D eigenvalue weighted by Crippen LogP contribution is -2.53. The number of carbonyl (C=O) groups excluding carboxylic acids is 3. The number of nitrogens with one attached hydrogen (secondary N) is 1. The molecule has 0 saturated carbocycles. The first-order valence-electron chi connectivity index (χ1n) is 6.20. The number of thiophene rings is 1. The minimum absolute atomic E-state index is 0.0313. The lowest BCUT2D eigenvalue weighted by atomic mass is 10.1. The summed E-state index contributed by atoms with van der Waals surface area (Å²) >= 11 is 4.68. The molecule has 8 heteroatoms. The van der Waals surface area contributed by atoms with Gasteiger partial charge in [0.05, 0.1) is 12.8 Å². The molecule has 2 aromatic heterocycles. The SMILES string of the molecule is O=C1NC(=O)N(Cc2ccco2)C(=O)/C1=C/c1cc(Br)cs1. The Labute approximate surface area is 137 Å². The molecule has 3 heterocycles. The largest absolute Gasteiger partial charge is 0.467 e. The lowest BCUT2D eigenvalue weighted by molar-refractivity contribution is -0.130. The van der Waals surface area contributed by atoms with Gasteiger partial charge >= 0.3 is 6.03 Å². The third-order valence-corrected chi connectivity index (χ3v) is 4.59. The minimum atomic E-state index is -0.754. The van der Waals surface area contributed by atoms with Crippen LogP contribution in [-0.4, -0.2) is 22.7 Å². The van der Waals surface area contributed by atoms with Crippen molar-refractivity contribution in [3.63, 3.8) is 0 Å². The molecule has 0 unspecified atom stereocenters. The number of urea groups is 1. The highest BCUT2D eigenvalue weighted by Gasteiger charge is 2.36. The molecule has 1 saturated heterocycles. The van der Waals surface area contributed by atoms with Gasteiger partial charge in [-0.05, 0) is 40.2 Å². The second-order valence-electron chi connectivity index (χ2n) is 4.46. The van der Waals surface area contributed by atoms with Crippen molar-refractivity contribution in [3.8, 4) is 0 Å². The first-order valence-corrected chi connectivity index (χ1v) is 7.87. The molecular weight excluding hydrogens is 372 g/mol. The molecule has 0 aromatic carbocycles. The Hall–Kier alpha value is -2.19.